The number of benzene rings is 2. The van der Waals surface area contributed by atoms with Gasteiger partial charge in [-0.25, -0.2) is 9.78 Å². The highest BCUT2D eigenvalue weighted by Gasteiger charge is 2.28. The summed E-state index contributed by atoms with van der Waals surface area (Å²) >= 11 is 7.00. The Morgan fingerprint density at radius 1 is 1.17 bits per heavy atom. The van der Waals surface area contributed by atoms with Gasteiger partial charge in [0.15, 0.2) is 11.3 Å². The Hall–Kier alpha value is -2.88. The van der Waals surface area contributed by atoms with E-state index in [1.165, 1.54) is 24.6 Å². The summed E-state index contributed by atoms with van der Waals surface area (Å²) in [5.41, 5.74) is 2.46. The quantitative estimate of drug-likeness (QED) is 0.301. The van der Waals surface area contributed by atoms with Crippen LogP contribution in [0.4, 0.5) is 0 Å². The molecule has 2 aromatic carbocycles. The molecule has 0 spiro atoms. The lowest BCUT2D eigenvalue weighted by Crippen LogP contribution is -2.13. The molecule has 4 rings (SSSR count). The minimum atomic E-state index is -4.36. The van der Waals surface area contributed by atoms with Crippen molar-refractivity contribution in [2.24, 2.45) is 0 Å². The smallest absolute Gasteiger partial charge is 0.349 e. The number of rotatable bonds is 5. The van der Waals surface area contributed by atoms with E-state index in [0.717, 1.165) is 16.9 Å². The fourth-order valence-corrected chi connectivity index (χ4v) is 5.20. The summed E-state index contributed by atoms with van der Waals surface area (Å²) in [7, 11) is -3.19. The maximum absolute atomic E-state index is 12.9. The van der Waals surface area contributed by atoms with Crippen molar-refractivity contribution in [3.05, 3.63) is 63.3 Å². The summed E-state index contributed by atoms with van der Waals surface area (Å²) in [6.45, 7) is 1.92. The number of methoxy groups -OCH3 is 1. The third-order valence-corrected chi connectivity index (χ3v) is 6.72. The van der Waals surface area contributed by atoms with Crippen LogP contribution in [0.5, 0.6) is 5.75 Å². The van der Waals surface area contributed by atoms with E-state index in [1.54, 1.807) is 18.2 Å². The molecule has 0 N–H and O–H groups in total. The van der Waals surface area contributed by atoms with E-state index in [1.807, 2.05) is 19.1 Å². The zero-order valence-corrected chi connectivity index (χ0v) is 18.1. The van der Waals surface area contributed by atoms with Crippen LogP contribution in [0, 0.1) is 6.92 Å². The first kappa shape index (κ1) is 20.4. The molecule has 0 aliphatic rings. The van der Waals surface area contributed by atoms with Gasteiger partial charge in [-0.1, -0.05) is 17.7 Å². The molecule has 2 aromatic heterocycles. The monoisotopic (exact) mass is 463 g/mol. The molecule has 0 bridgehead atoms. The number of thiophene rings is 1. The normalized spacial score (nSPS) is 11.6. The standard InChI is InChI=1S/C20H14ClNO6S2/c1-11-3-6-14-16(9-11)27-19(22-14)13-5-4-12(21)10-15(13)28-30(24,25)17-7-8-29-18(17)20(23)26-2/h3-10H,1-2H3. The summed E-state index contributed by atoms with van der Waals surface area (Å²) < 4.78 is 41.6. The van der Waals surface area contributed by atoms with Crippen molar-refractivity contribution < 1.29 is 26.5 Å². The number of fused-ring (bicyclic) bond motifs is 1. The Balaban J connectivity index is 1.79. The first-order valence-electron chi connectivity index (χ1n) is 8.56. The Labute approximate surface area is 181 Å². The van der Waals surface area contributed by atoms with E-state index in [-0.39, 0.29) is 26.4 Å². The van der Waals surface area contributed by atoms with E-state index >= 15 is 0 Å². The van der Waals surface area contributed by atoms with Crippen molar-refractivity contribution >= 4 is 50.1 Å². The number of oxazole rings is 1. The minimum absolute atomic E-state index is 0.0761. The average molecular weight is 464 g/mol. The van der Waals surface area contributed by atoms with Crippen molar-refractivity contribution in [2.45, 2.75) is 11.8 Å². The van der Waals surface area contributed by atoms with E-state index in [0.29, 0.717) is 16.7 Å². The second-order valence-corrected chi connectivity index (χ2v) is 9.14. The van der Waals surface area contributed by atoms with Crippen LogP contribution in [-0.4, -0.2) is 26.5 Å². The highest BCUT2D eigenvalue weighted by Crippen LogP contribution is 2.36. The minimum Gasteiger partial charge on any atom is -0.465 e. The molecule has 0 radical (unpaired) electrons. The van der Waals surface area contributed by atoms with Crippen molar-refractivity contribution in [2.75, 3.05) is 7.11 Å². The van der Waals surface area contributed by atoms with Gasteiger partial charge in [-0.15, -0.1) is 11.3 Å². The molecule has 0 saturated carbocycles. The molecule has 7 nitrogen and oxygen atoms in total. The molecule has 30 heavy (non-hydrogen) atoms. The second kappa shape index (κ2) is 7.75. The SMILES string of the molecule is COC(=O)c1sccc1S(=O)(=O)Oc1cc(Cl)ccc1-c1nc2ccc(C)cc2o1. The van der Waals surface area contributed by atoms with Gasteiger partial charge in [0.1, 0.15) is 15.3 Å². The van der Waals surface area contributed by atoms with E-state index in [9.17, 15) is 13.2 Å². The molecular formula is C20H14ClNO6S2. The Bertz CT molecular complexity index is 1370. The van der Waals surface area contributed by atoms with Crippen molar-refractivity contribution in [1.82, 2.24) is 4.98 Å². The van der Waals surface area contributed by atoms with Crippen LogP contribution >= 0.6 is 22.9 Å². The van der Waals surface area contributed by atoms with Gasteiger partial charge in [0, 0.05) is 11.1 Å². The summed E-state index contributed by atoms with van der Waals surface area (Å²) in [6.07, 6.45) is 0. The van der Waals surface area contributed by atoms with E-state index in [2.05, 4.69) is 9.72 Å². The summed E-state index contributed by atoms with van der Waals surface area (Å²) in [6, 6.07) is 11.3. The maximum atomic E-state index is 12.9. The van der Waals surface area contributed by atoms with Crippen molar-refractivity contribution in [1.29, 1.82) is 0 Å². The van der Waals surface area contributed by atoms with Crippen molar-refractivity contribution in [3.63, 3.8) is 0 Å². The molecule has 0 amide bonds. The molecule has 10 heteroatoms. The maximum Gasteiger partial charge on any atom is 0.349 e. The third kappa shape index (κ3) is 3.79. The molecule has 0 atom stereocenters. The Kier molecular flexibility index (Phi) is 5.27. The number of carbonyl (C=O) groups is 1. The zero-order chi connectivity index (χ0) is 21.5. The van der Waals surface area contributed by atoms with E-state index < -0.39 is 16.1 Å². The van der Waals surface area contributed by atoms with Crippen LogP contribution in [-0.2, 0) is 14.9 Å². The van der Waals surface area contributed by atoms with Crippen molar-refractivity contribution in [3.8, 4) is 17.2 Å². The molecule has 0 unspecified atom stereocenters. The summed E-state index contributed by atoms with van der Waals surface area (Å²) in [5.74, 6) is -0.670. The fraction of sp³-hybridized carbons (Fsp3) is 0.100. The largest absolute Gasteiger partial charge is 0.465 e. The Morgan fingerprint density at radius 3 is 2.73 bits per heavy atom. The number of aryl methyl sites for hydroxylation is 1. The van der Waals surface area contributed by atoms with Gasteiger partial charge in [-0.05, 0) is 48.2 Å². The number of carbonyl (C=O) groups excluding carboxylic acids is 1. The van der Waals surface area contributed by atoms with Gasteiger partial charge < -0.3 is 13.3 Å². The lowest BCUT2D eigenvalue weighted by molar-refractivity contribution is 0.0602. The van der Waals surface area contributed by atoms with Gasteiger partial charge in [0.05, 0.1) is 12.7 Å². The average Bonchev–Trinajstić information content (AvgIpc) is 3.34. The van der Waals surface area contributed by atoms with Crippen LogP contribution in [0.25, 0.3) is 22.6 Å². The third-order valence-electron chi connectivity index (χ3n) is 4.19. The highest BCUT2D eigenvalue weighted by molar-refractivity contribution is 7.87. The highest BCUT2D eigenvalue weighted by atomic mass is 35.5. The summed E-state index contributed by atoms with van der Waals surface area (Å²) in [4.78, 5) is 15.9. The number of esters is 1. The lowest BCUT2D eigenvalue weighted by Gasteiger charge is -2.10. The fourth-order valence-electron chi connectivity index (χ4n) is 2.79. The lowest BCUT2D eigenvalue weighted by atomic mass is 10.2. The van der Waals surface area contributed by atoms with Gasteiger partial charge in [0.25, 0.3) is 0 Å². The number of ether oxygens (including phenoxy) is 1. The predicted octanol–water partition coefficient (Wildman–Crippen LogP) is 5.07. The number of aromatic nitrogens is 1. The number of hydrogen-bond donors (Lipinski definition) is 0. The zero-order valence-electron chi connectivity index (χ0n) is 15.7. The number of nitrogens with zero attached hydrogens (tertiary/aromatic N) is 1. The predicted molar refractivity (Wildman–Crippen MR) is 113 cm³/mol. The summed E-state index contributed by atoms with van der Waals surface area (Å²) in [5, 5.41) is 1.72. The molecular weight excluding hydrogens is 450 g/mol. The molecule has 0 aliphatic heterocycles. The topological polar surface area (TPSA) is 95.7 Å². The number of halogens is 1. The Morgan fingerprint density at radius 2 is 1.97 bits per heavy atom. The van der Waals surface area contributed by atoms with E-state index in [4.69, 9.17) is 20.2 Å². The molecule has 0 fully saturated rings. The molecule has 0 saturated heterocycles. The van der Waals surface area contributed by atoms with Gasteiger partial charge in [-0.2, -0.15) is 8.42 Å². The van der Waals surface area contributed by atoms with Crippen LogP contribution in [0.2, 0.25) is 5.02 Å². The molecule has 154 valence electrons. The van der Waals surface area contributed by atoms with Gasteiger partial charge in [0.2, 0.25) is 5.89 Å². The van der Waals surface area contributed by atoms with Crippen LogP contribution in [0.1, 0.15) is 15.2 Å². The van der Waals surface area contributed by atoms with Crippen LogP contribution in [0.3, 0.4) is 0 Å². The molecule has 0 aliphatic carbocycles. The molecule has 4 aromatic rings. The second-order valence-electron chi connectivity index (χ2n) is 6.27. The molecule has 2 heterocycles. The van der Waals surface area contributed by atoms with Crippen LogP contribution < -0.4 is 4.18 Å². The van der Waals surface area contributed by atoms with Gasteiger partial charge in [-0.3, -0.25) is 0 Å². The van der Waals surface area contributed by atoms with Crippen LogP contribution in [0.15, 0.2) is 57.2 Å². The number of hydrogen-bond acceptors (Lipinski definition) is 8. The first-order chi connectivity index (χ1) is 14.3. The van der Waals surface area contributed by atoms with Gasteiger partial charge >= 0.3 is 16.1 Å². The first-order valence-corrected chi connectivity index (χ1v) is 11.2.